The summed E-state index contributed by atoms with van der Waals surface area (Å²) in [7, 11) is 6.27. The molecule has 1 aromatic carbocycles. The number of anilines is 1. The first-order valence-corrected chi connectivity index (χ1v) is 6.76. The second-order valence-corrected chi connectivity index (χ2v) is 5.31. The van der Waals surface area contributed by atoms with Gasteiger partial charge in [-0.2, -0.15) is 0 Å². The number of rotatable bonds is 7. The zero-order valence-corrected chi connectivity index (χ0v) is 12.4. The number of nitrogens with two attached hydrogens (primary N) is 1. The van der Waals surface area contributed by atoms with Gasteiger partial charge in [-0.25, -0.2) is 0 Å². The van der Waals surface area contributed by atoms with Crippen molar-refractivity contribution in [2.24, 2.45) is 5.73 Å². The Morgan fingerprint density at radius 2 is 1.89 bits per heavy atom. The molecule has 0 atom stereocenters. The first kappa shape index (κ1) is 15.3. The van der Waals surface area contributed by atoms with Crippen LogP contribution >= 0.6 is 11.6 Å². The molecular formula is C14H24ClN3. The van der Waals surface area contributed by atoms with Crippen LogP contribution in [0.5, 0.6) is 0 Å². The average Bonchev–Trinajstić information content (AvgIpc) is 2.28. The summed E-state index contributed by atoms with van der Waals surface area (Å²) < 4.78 is 0. The van der Waals surface area contributed by atoms with Gasteiger partial charge in [0, 0.05) is 13.6 Å². The molecule has 0 aliphatic carbocycles. The second kappa shape index (κ2) is 7.62. The Kier molecular flexibility index (Phi) is 6.47. The van der Waals surface area contributed by atoms with Crippen molar-refractivity contribution in [3.8, 4) is 0 Å². The zero-order valence-electron chi connectivity index (χ0n) is 11.6. The maximum atomic E-state index is 6.31. The van der Waals surface area contributed by atoms with E-state index in [9.17, 15) is 0 Å². The molecule has 3 nitrogen and oxygen atoms in total. The normalized spacial score (nSPS) is 11.0. The minimum absolute atomic E-state index is 0.661. The Labute approximate surface area is 116 Å². The Morgan fingerprint density at radius 1 is 1.17 bits per heavy atom. The van der Waals surface area contributed by atoms with E-state index in [1.807, 2.05) is 6.07 Å². The van der Waals surface area contributed by atoms with Gasteiger partial charge in [0.1, 0.15) is 0 Å². The number of benzene rings is 1. The first-order chi connectivity index (χ1) is 8.54. The molecule has 0 unspecified atom stereocenters. The number of hydrogen-bond acceptors (Lipinski definition) is 3. The highest BCUT2D eigenvalue weighted by molar-refractivity contribution is 6.33. The molecule has 18 heavy (non-hydrogen) atoms. The number of hydrogen-bond donors (Lipinski definition) is 1. The van der Waals surface area contributed by atoms with Crippen molar-refractivity contribution in [3.63, 3.8) is 0 Å². The van der Waals surface area contributed by atoms with E-state index in [2.05, 4.69) is 43.1 Å². The number of nitrogens with zero attached hydrogens (tertiary/aromatic N) is 2. The molecule has 4 heteroatoms. The number of halogens is 1. The molecule has 102 valence electrons. The van der Waals surface area contributed by atoms with Crippen molar-refractivity contribution in [2.75, 3.05) is 45.7 Å². The van der Waals surface area contributed by atoms with Gasteiger partial charge in [0.2, 0.25) is 0 Å². The first-order valence-electron chi connectivity index (χ1n) is 6.39. The Hall–Kier alpha value is -0.770. The average molecular weight is 270 g/mol. The molecule has 1 aromatic rings. The van der Waals surface area contributed by atoms with Crippen LogP contribution in [0.1, 0.15) is 12.0 Å². The fourth-order valence-corrected chi connectivity index (χ4v) is 2.27. The fourth-order valence-electron chi connectivity index (χ4n) is 1.93. The summed E-state index contributed by atoms with van der Waals surface area (Å²) in [5.74, 6) is 0. The van der Waals surface area contributed by atoms with Crippen LogP contribution in [-0.2, 0) is 6.42 Å². The van der Waals surface area contributed by atoms with Crippen LogP contribution < -0.4 is 10.6 Å². The van der Waals surface area contributed by atoms with E-state index in [-0.39, 0.29) is 0 Å². The van der Waals surface area contributed by atoms with Crippen molar-refractivity contribution in [1.82, 2.24) is 4.90 Å². The third-order valence-electron chi connectivity index (χ3n) is 2.96. The lowest BCUT2D eigenvalue weighted by molar-refractivity contribution is 0.401. The summed E-state index contributed by atoms with van der Waals surface area (Å²) in [6.07, 6.45) is 2.01. The van der Waals surface area contributed by atoms with Crippen molar-refractivity contribution >= 4 is 17.3 Å². The lowest BCUT2D eigenvalue weighted by atomic mass is 10.1. The summed E-state index contributed by atoms with van der Waals surface area (Å²) in [4.78, 5) is 4.40. The van der Waals surface area contributed by atoms with Crippen LogP contribution in [0.3, 0.4) is 0 Å². The minimum Gasteiger partial charge on any atom is -0.373 e. The summed E-state index contributed by atoms with van der Waals surface area (Å²) >= 11 is 6.31. The van der Waals surface area contributed by atoms with Crippen LogP contribution in [0.15, 0.2) is 18.2 Å². The molecule has 0 aromatic heterocycles. The van der Waals surface area contributed by atoms with E-state index in [4.69, 9.17) is 17.3 Å². The molecule has 0 fully saturated rings. The topological polar surface area (TPSA) is 32.5 Å². The monoisotopic (exact) mass is 269 g/mol. The molecule has 0 saturated heterocycles. The lowest BCUT2D eigenvalue weighted by Gasteiger charge is -2.22. The van der Waals surface area contributed by atoms with Gasteiger partial charge in [-0.3, -0.25) is 0 Å². The maximum absolute atomic E-state index is 6.31. The van der Waals surface area contributed by atoms with Crippen molar-refractivity contribution in [3.05, 3.63) is 28.8 Å². The predicted molar refractivity (Wildman–Crippen MR) is 80.7 cm³/mol. The Bertz CT molecular complexity index is 366. The Morgan fingerprint density at radius 3 is 2.44 bits per heavy atom. The summed E-state index contributed by atoms with van der Waals surface area (Å²) in [6, 6.07) is 6.21. The van der Waals surface area contributed by atoms with E-state index in [0.29, 0.717) is 6.54 Å². The largest absolute Gasteiger partial charge is 0.373 e. The minimum atomic E-state index is 0.661. The van der Waals surface area contributed by atoms with Gasteiger partial charge < -0.3 is 15.5 Å². The van der Waals surface area contributed by atoms with Crippen molar-refractivity contribution in [1.29, 1.82) is 0 Å². The van der Waals surface area contributed by atoms with Crippen LogP contribution in [0.2, 0.25) is 5.02 Å². The molecule has 0 saturated carbocycles. The van der Waals surface area contributed by atoms with Gasteiger partial charge in [0.15, 0.2) is 0 Å². The molecule has 0 bridgehead atoms. The molecule has 0 aliphatic rings. The summed E-state index contributed by atoms with van der Waals surface area (Å²) in [5.41, 5.74) is 7.84. The fraction of sp³-hybridized carbons (Fsp3) is 0.571. The lowest BCUT2D eigenvalue weighted by Crippen LogP contribution is -2.23. The van der Waals surface area contributed by atoms with Gasteiger partial charge in [0.05, 0.1) is 10.7 Å². The highest BCUT2D eigenvalue weighted by Crippen LogP contribution is 2.26. The van der Waals surface area contributed by atoms with E-state index in [1.54, 1.807) is 0 Å². The van der Waals surface area contributed by atoms with Crippen LogP contribution in [0.4, 0.5) is 5.69 Å². The molecule has 0 heterocycles. The quantitative estimate of drug-likeness (QED) is 0.824. The van der Waals surface area contributed by atoms with Crippen LogP contribution in [-0.4, -0.2) is 45.7 Å². The molecule has 0 spiro atoms. The van der Waals surface area contributed by atoms with Crippen LogP contribution in [0.25, 0.3) is 0 Å². The van der Waals surface area contributed by atoms with Gasteiger partial charge in [-0.1, -0.05) is 17.7 Å². The van der Waals surface area contributed by atoms with Crippen LogP contribution in [0, 0.1) is 0 Å². The third kappa shape index (κ3) is 4.84. The molecule has 1 rings (SSSR count). The molecule has 0 aliphatic heterocycles. The molecule has 0 amide bonds. The predicted octanol–water partition coefficient (Wildman–Crippen LogP) is 2.23. The smallest absolute Gasteiger partial charge is 0.0642 e. The van der Waals surface area contributed by atoms with E-state index in [0.717, 1.165) is 36.6 Å². The Balaban J connectivity index is 2.59. The highest BCUT2D eigenvalue weighted by Gasteiger charge is 2.06. The summed E-state index contributed by atoms with van der Waals surface area (Å²) in [5, 5.41) is 0.813. The van der Waals surface area contributed by atoms with Gasteiger partial charge in [-0.05, 0) is 57.7 Å². The van der Waals surface area contributed by atoms with E-state index >= 15 is 0 Å². The van der Waals surface area contributed by atoms with Gasteiger partial charge in [-0.15, -0.1) is 0 Å². The van der Waals surface area contributed by atoms with Gasteiger partial charge >= 0.3 is 0 Å². The molecular weight excluding hydrogens is 246 g/mol. The summed E-state index contributed by atoms with van der Waals surface area (Å²) in [6.45, 7) is 2.76. The third-order valence-corrected chi connectivity index (χ3v) is 3.26. The van der Waals surface area contributed by atoms with Crippen molar-refractivity contribution in [2.45, 2.75) is 12.8 Å². The highest BCUT2D eigenvalue weighted by atomic mass is 35.5. The van der Waals surface area contributed by atoms with Crippen molar-refractivity contribution < 1.29 is 0 Å². The maximum Gasteiger partial charge on any atom is 0.0642 e. The van der Waals surface area contributed by atoms with E-state index in [1.165, 1.54) is 5.56 Å². The van der Waals surface area contributed by atoms with E-state index < -0.39 is 0 Å². The molecule has 2 N–H and O–H groups in total. The van der Waals surface area contributed by atoms with Gasteiger partial charge in [0.25, 0.3) is 0 Å². The standard InChI is InChI=1S/C14H24ClN3/c1-17(2)9-4-10-18(3)14-6-5-12(7-8-16)11-13(14)15/h5-6,11H,4,7-10,16H2,1-3H3. The molecule has 0 radical (unpaired) electrons. The SMILES string of the molecule is CN(C)CCCN(C)c1ccc(CCN)cc1Cl. The zero-order chi connectivity index (χ0) is 13.5. The second-order valence-electron chi connectivity index (χ2n) is 4.90.